The predicted octanol–water partition coefficient (Wildman–Crippen LogP) is 1.01. The SMILES string of the molecule is COc1ccc(NC=C(C#N)C(N)=O)c(OC)c1. The summed E-state index contributed by atoms with van der Waals surface area (Å²) in [4.78, 5) is 10.8. The van der Waals surface area contributed by atoms with Crippen molar-refractivity contribution in [2.24, 2.45) is 5.73 Å². The molecular formula is C12H13N3O3. The van der Waals surface area contributed by atoms with Gasteiger partial charge in [-0.3, -0.25) is 4.79 Å². The van der Waals surface area contributed by atoms with E-state index in [4.69, 9.17) is 20.5 Å². The van der Waals surface area contributed by atoms with Crippen molar-refractivity contribution in [2.45, 2.75) is 0 Å². The summed E-state index contributed by atoms with van der Waals surface area (Å²) >= 11 is 0. The third-order valence-corrected chi connectivity index (χ3v) is 2.17. The number of carbonyl (C=O) groups excluding carboxylic acids is 1. The standard InChI is InChI=1S/C12H13N3O3/c1-17-9-3-4-10(11(5-9)18-2)15-7-8(6-13)12(14)16/h3-5,7,15H,1-2H3,(H2,14,16). The van der Waals surface area contributed by atoms with Gasteiger partial charge in [0.05, 0.1) is 19.9 Å². The van der Waals surface area contributed by atoms with Crippen LogP contribution in [0.1, 0.15) is 0 Å². The van der Waals surface area contributed by atoms with Crippen molar-refractivity contribution in [1.82, 2.24) is 0 Å². The summed E-state index contributed by atoms with van der Waals surface area (Å²) in [5, 5.41) is 11.5. The van der Waals surface area contributed by atoms with E-state index in [9.17, 15) is 4.79 Å². The number of nitriles is 1. The molecule has 0 aliphatic carbocycles. The lowest BCUT2D eigenvalue weighted by molar-refractivity contribution is -0.114. The number of nitrogens with zero attached hydrogens (tertiary/aromatic N) is 1. The van der Waals surface area contributed by atoms with E-state index >= 15 is 0 Å². The lowest BCUT2D eigenvalue weighted by Gasteiger charge is -2.10. The normalized spacial score (nSPS) is 10.4. The Balaban J connectivity index is 2.98. The number of primary amides is 1. The minimum atomic E-state index is -0.794. The number of carbonyl (C=O) groups is 1. The maximum Gasteiger partial charge on any atom is 0.260 e. The fraction of sp³-hybridized carbons (Fsp3) is 0.167. The number of hydrogen-bond donors (Lipinski definition) is 2. The average molecular weight is 247 g/mol. The van der Waals surface area contributed by atoms with Crippen LogP contribution < -0.4 is 20.5 Å². The molecule has 0 saturated heterocycles. The molecular weight excluding hydrogens is 234 g/mol. The highest BCUT2D eigenvalue weighted by Crippen LogP contribution is 2.29. The zero-order valence-electron chi connectivity index (χ0n) is 10.1. The number of amides is 1. The van der Waals surface area contributed by atoms with Crippen molar-refractivity contribution in [2.75, 3.05) is 19.5 Å². The number of anilines is 1. The molecule has 0 bridgehead atoms. The van der Waals surface area contributed by atoms with Crippen LogP contribution in [0, 0.1) is 11.3 Å². The van der Waals surface area contributed by atoms with Gasteiger partial charge in [0.15, 0.2) is 0 Å². The fourth-order valence-electron chi connectivity index (χ4n) is 1.23. The Labute approximate surface area is 105 Å². The highest BCUT2D eigenvalue weighted by Gasteiger charge is 2.06. The first-order valence-corrected chi connectivity index (χ1v) is 5.01. The zero-order chi connectivity index (χ0) is 13.5. The van der Waals surface area contributed by atoms with Gasteiger partial charge >= 0.3 is 0 Å². The smallest absolute Gasteiger partial charge is 0.260 e. The second kappa shape index (κ2) is 6.15. The molecule has 18 heavy (non-hydrogen) atoms. The van der Waals surface area contributed by atoms with E-state index in [1.54, 1.807) is 31.4 Å². The van der Waals surface area contributed by atoms with Gasteiger partial charge in [0.2, 0.25) is 0 Å². The van der Waals surface area contributed by atoms with Crippen molar-refractivity contribution < 1.29 is 14.3 Å². The van der Waals surface area contributed by atoms with Gasteiger partial charge in [-0.25, -0.2) is 0 Å². The van der Waals surface area contributed by atoms with Crippen LogP contribution in [0.5, 0.6) is 11.5 Å². The molecule has 0 spiro atoms. The molecule has 0 aliphatic heterocycles. The van der Waals surface area contributed by atoms with Crippen molar-refractivity contribution >= 4 is 11.6 Å². The van der Waals surface area contributed by atoms with Crippen LogP contribution in [0.25, 0.3) is 0 Å². The van der Waals surface area contributed by atoms with Crippen LogP contribution in [0.2, 0.25) is 0 Å². The molecule has 0 aromatic heterocycles. The van der Waals surface area contributed by atoms with Gasteiger partial charge in [0.1, 0.15) is 23.1 Å². The van der Waals surface area contributed by atoms with E-state index in [1.807, 2.05) is 0 Å². The minimum absolute atomic E-state index is 0.173. The summed E-state index contributed by atoms with van der Waals surface area (Å²) in [5.74, 6) is 0.363. The minimum Gasteiger partial charge on any atom is -0.497 e. The third kappa shape index (κ3) is 3.15. The Bertz CT molecular complexity index is 518. The maximum atomic E-state index is 10.8. The highest BCUT2D eigenvalue weighted by molar-refractivity contribution is 5.96. The van der Waals surface area contributed by atoms with Crippen LogP contribution >= 0.6 is 0 Å². The van der Waals surface area contributed by atoms with E-state index in [1.165, 1.54) is 13.3 Å². The molecule has 1 amide bonds. The van der Waals surface area contributed by atoms with E-state index in [0.29, 0.717) is 17.2 Å². The van der Waals surface area contributed by atoms with Gasteiger partial charge in [0.25, 0.3) is 5.91 Å². The summed E-state index contributed by atoms with van der Waals surface area (Å²) in [7, 11) is 3.05. The number of nitrogens with two attached hydrogens (primary N) is 1. The number of ether oxygens (including phenoxy) is 2. The first-order chi connectivity index (χ1) is 8.62. The molecule has 0 saturated carbocycles. The first kappa shape index (κ1) is 13.4. The van der Waals surface area contributed by atoms with Crippen molar-refractivity contribution in [3.63, 3.8) is 0 Å². The fourth-order valence-corrected chi connectivity index (χ4v) is 1.23. The molecule has 1 aromatic carbocycles. The average Bonchev–Trinajstić information content (AvgIpc) is 2.39. The van der Waals surface area contributed by atoms with E-state index in [-0.39, 0.29) is 5.57 Å². The number of hydrogen-bond acceptors (Lipinski definition) is 5. The number of nitrogens with one attached hydrogen (secondary N) is 1. The zero-order valence-corrected chi connectivity index (χ0v) is 10.1. The van der Waals surface area contributed by atoms with Crippen LogP contribution in [0.3, 0.4) is 0 Å². The second-order valence-corrected chi connectivity index (χ2v) is 3.24. The van der Waals surface area contributed by atoms with E-state index in [0.717, 1.165) is 0 Å². The molecule has 0 heterocycles. The summed E-state index contributed by atoms with van der Waals surface area (Å²) in [6.07, 6.45) is 1.23. The molecule has 6 nitrogen and oxygen atoms in total. The van der Waals surface area contributed by atoms with Gasteiger partial charge in [-0.1, -0.05) is 0 Å². The van der Waals surface area contributed by atoms with Gasteiger partial charge in [-0.2, -0.15) is 5.26 Å². The lowest BCUT2D eigenvalue weighted by atomic mass is 10.2. The number of methoxy groups -OCH3 is 2. The van der Waals surface area contributed by atoms with Crippen molar-refractivity contribution in [3.8, 4) is 17.6 Å². The molecule has 0 aliphatic rings. The second-order valence-electron chi connectivity index (χ2n) is 3.24. The maximum absolute atomic E-state index is 10.8. The van der Waals surface area contributed by atoms with Crippen molar-refractivity contribution in [1.29, 1.82) is 5.26 Å². The van der Waals surface area contributed by atoms with Crippen LogP contribution in [0.4, 0.5) is 5.69 Å². The van der Waals surface area contributed by atoms with Gasteiger partial charge in [0, 0.05) is 12.3 Å². The molecule has 0 radical (unpaired) electrons. The van der Waals surface area contributed by atoms with Gasteiger partial charge in [-0.15, -0.1) is 0 Å². The third-order valence-electron chi connectivity index (χ3n) is 2.17. The highest BCUT2D eigenvalue weighted by atomic mass is 16.5. The molecule has 0 fully saturated rings. The Hall–Kier alpha value is -2.68. The quantitative estimate of drug-likeness (QED) is 0.597. The molecule has 3 N–H and O–H groups in total. The summed E-state index contributed by atoms with van der Waals surface area (Å²) in [6, 6.07) is 6.78. The number of benzene rings is 1. The molecule has 1 rings (SSSR count). The topological polar surface area (TPSA) is 97.4 Å². The molecule has 0 unspecified atom stereocenters. The molecule has 94 valence electrons. The Kier molecular flexibility index (Phi) is 4.58. The van der Waals surface area contributed by atoms with Crippen LogP contribution in [-0.4, -0.2) is 20.1 Å². The number of rotatable bonds is 5. The van der Waals surface area contributed by atoms with Crippen LogP contribution in [-0.2, 0) is 4.79 Å². The van der Waals surface area contributed by atoms with E-state index < -0.39 is 5.91 Å². The van der Waals surface area contributed by atoms with Gasteiger partial charge in [-0.05, 0) is 12.1 Å². The largest absolute Gasteiger partial charge is 0.497 e. The summed E-state index contributed by atoms with van der Waals surface area (Å²) in [6.45, 7) is 0. The predicted molar refractivity (Wildman–Crippen MR) is 66.1 cm³/mol. The summed E-state index contributed by atoms with van der Waals surface area (Å²) < 4.78 is 10.2. The molecule has 6 heteroatoms. The Morgan fingerprint density at radius 1 is 1.44 bits per heavy atom. The van der Waals surface area contributed by atoms with E-state index in [2.05, 4.69) is 5.32 Å². The van der Waals surface area contributed by atoms with Crippen molar-refractivity contribution in [3.05, 3.63) is 30.0 Å². The summed E-state index contributed by atoms with van der Waals surface area (Å²) in [5.41, 5.74) is 5.42. The van der Waals surface area contributed by atoms with Gasteiger partial charge < -0.3 is 20.5 Å². The Morgan fingerprint density at radius 2 is 2.17 bits per heavy atom. The lowest BCUT2D eigenvalue weighted by Crippen LogP contribution is -2.13. The van der Waals surface area contributed by atoms with Crippen LogP contribution in [0.15, 0.2) is 30.0 Å². The monoisotopic (exact) mass is 247 g/mol. The molecule has 0 atom stereocenters. The Morgan fingerprint density at radius 3 is 2.67 bits per heavy atom. The molecule has 1 aromatic rings. The first-order valence-electron chi connectivity index (χ1n) is 5.01.